The number of anilines is 1. The highest BCUT2D eigenvalue weighted by atomic mass is 16.5. The number of esters is 1. The Balaban J connectivity index is 1.89. The van der Waals surface area contributed by atoms with Gasteiger partial charge in [0.2, 0.25) is 0 Å². The maximum absolute atomic E-state index is 12.2. The van der Waals surface area contributed by atoms with Crippen molar-refractivity contribution in [2.45, 2.75) is 44.1 Å². The van der Waals surface area contributed by atoms with Crippen molar-refractivity contribution in [2.24, 2.45) is 0 Å². The van der Waals surface area contributed by atoms with Gasteiger partial charge in [0.25, 0.3) is 0 Å². The van der Waals surface area contributed by atoms with Crippen LogP contribution in [-0.2, 0) is 14.3 Å². The van der Waals surface area contributed by atoms with E-state index in [1.165, 1.54) is 7.11 Å². The maximum Gasteiger partial charge on any atom is 0.319 e. The lowest BCUT2D eigenvalue weighted by atomic mass is 9.77. The number of methoxy groups -OCH3 is 2. The Kier molecular flexibility index (Phi) is 6.20. The summed E-state index contributed by atoms with van der Waals surface area (Å²) in [5.74, 6) is -0.159. The van der Waals surface area contributed by atoms with Crippen molar-refractivity contribution in [1.29, 1.82) is 0 Å². The number of nitrogens with one attached hydrogen (secondary N) is 2. The minimum absolute atomic E-state index is 0.0697. The lowest BCUT2D eigenvalue weighted by Crippen LogP contribution is -2.57. The maximum atomic E-state index is 12.2. The van der Waals surface area contributed by atoms with Crippen molar-refractivity contribution in [2.75, 3.05) is 26.1 Å². The third-order valence-corrected chi connectivity index (χ3v) is 4.55. The number of amides is 2. The van der Waals surface area contributed by atoms with E-state index in [9.17, 15) is 9.59 Å². The van der Waals surface area contributed by atoms with Gasteiger partial charge >= 0.3 is 12.0 Å². The largest absolute Gasteiger partial charge is 0.469 e. The molecular formula is C18H26N2O4. The first-order chi connectivity index (χ1) is 11.5. The fourth-order valence-corrected chi connectivity index (χ4v) is 2.93. The van der Waals surface area contributed by atoms with Crippen molar-refractivity contribution in [3.05, 3.63) is 29.8 Å². The van der Waals surface area contributed by atoms with Crippen molar-refractivity contribution >= 4 is 17.7 Å². The van der Waals surface area contributed by atoms with Crippen LogP contribution in [0.25, 0.3) is 0 Å². The Morgan fingerprint density at radius 3 is 2.38 bits per heavy atom. The minimum Gasteiger partial charge on any atom is -0.469 e. The lowest BCUT2D eigenvalue weighted by Gasteiger charge is -2.41. The van der Waals surface area contributed by atoms with Crippen LogP contribution in [0.4, 0.5) is 10.5 Å². The normalized spacial score (nSPS) is 16.6. The molecule has 2 N–H and O–H groups in total. The van der Waals surface area contributed by atoms with Gasteiger partial charge in [-0.05, 0) is 42.9 Å². The molecule has 0 spiro atoms. The number of carbonyl (C=O) groups excluding carboxylic acids is 2. The highest BCUT2D eigenvalue weighted by Crippen LogP contribution is 2.32. The Morgan fingerprint density at radius 1 is 1.21 bits per heavy atom. The standard InChI is InChI=1S/C18H26N2O4/c1-13(11-16(21)24-3)14-5-7-15(8-6-14)19-17(22)20-18(12-23-2)9-4-10-18/h5-8,13H,4,9-12H2,1-3H3,(H2,19,20,22). The Hall–Kier alpha value is -2.08. The predicted molar refractivity (Wildman–Crippen MR) is 92.1 cm³/mol. The van der Waals surface area contributed by atoms with E-state index in [0.717, 1.165) is 24.8 Å². The molecule has 0 heterocycles. The van der Waals surface area contributed by atoms with Gasteiger partial charge in [0.05, 0.1) is 25.7 Å². The molecule has 1 aliphatic rings. The minimum atomic E-state index is -0.229. The van der Waals surface area contributed by atoms with Gasteiger partial charge in [0, 0.05) is 12.8 Å². The molecule has 132 valence electrons. The van der Waals surface area contributed by atoms with Crippen LogP contribution in [0.15, 0.2) is 24.3 Å². The van der Waals surface area contributed by atoms with Crippen LogP contribution in [0.1, 0.15) is 44.1 Å². The number of hydrogen-bond donors (Lipinski definition) is 2. The molecule has 0 aliphatic heterocycles. The van der Waals surface area contributed by atoms with Crippen molar-refractivity contribution in [3.8, 4) is 0 Å². The van der Waals surface area contributed by atoms with E-state index in [1.807, 2.05) is 31.2 Å². The molecule has 1 aromatic rings. The summed E-state index contributed by atoms with van der Waals surface area (Å²) in [6, 6.07) is 7.29. The van der Waals surface area contributed by atoms with Crippen molar-refractivity contribution < 1.29 is 19.1 Å². The molecular weight excluding hydrogens is 308 g/mol. The van der Waals surface area contributed by atoms with E-state index in [0.29, 0.717) is 18.7 Å². The summed E-state index contributed by atoms with van der Waals surface area (Å²) in [5.41, 5.74) is 1.52. The molecule has 2 amide bonds. The topological polar surface area (TPSA) is 76.7 Å². The molecule has 1 aliphatic carbocycles. The second-order valence-electron chi connectivity index (χ2n) is 6.45. The van der Waals surface area contributed by atoms with Gasteiger partial charge in [-0.15, -0.1) is 0 Å². The van der Waals surface area contributed by atoms with Gasteiger partial charge in [0.15, 0.2) is 0 Å². The molecule has 1 atom stereocenters. The summed E-state index contributed by atoms with van der Waals surface area (Å²) < 4.78 is 9.89. The molecule has 1 aromatic carbocycles. The monoisotopic (exact) mass is 334 g/mol. The van der Waals surface area contributed by atoms with Gasteiger partial charge in [0.1, 0.15) is 0 Å². The van der Waals surface area contributed by atoms with Crippen LogP contribution in [0.3, 0.4) is 0 Å². The van der Waals surface area contributed by atoms with E-state index in [-0.39, 0.29) is 23.5 Å². The highest BCUT2D eigenvalue weighted by Gasteiger charge is 2.38. The van der Waals surface area contributed by atoms with Crippen LogP contribution in [0.2, 0.25) is 0 Å². The second kappa shape index (κ2) is 8.15. The number of urea groups is 1. The van der Waals surface area contributed by atoms with Crippen LogP contribution < -0.4 is 10.6 Å². The molecule has 0 aromatic heterocycles. The third-order valence-electron chi connectivity index (χ3n) is 4.55. The Labute approximate surface area is 142 Å². The fourth-order valence-electron chi connectivity index (χ4n) is 2.93. The van der Waals surface area contributed by atoms with E-state index < -0.39 is 0 Å². The zero-order valence-electron chi connectivity index (χ0n) is 14.6. The average molecular weight is 334 g/mol. The number of benzene rings is 1. The molecule has 0 saturated heterocycles. The van der Waals surface area contributed by atoms with E-state index >= 15 is 0 Å². The van der Waals surface area contributed by atoms with Crippen LogP contribution in [0.5, 0.6) is 0 Å². The van der Waals surface area contributed by atoms with E-state index in [1.54, 1.807) is 7.11 Å². The Morgan fingerprint density at radius 2 is 1.88 bits per heavy atom. The van der Waals surface area contributed by atoms with E-state index in [4.69, 9.17) is 4.74 Å². The van der Waals surface area contributed by atoms with Crippen LogP contribution in [0, 0.1) is 0 Å². The fraction of sp³-hybridized carbons (Fsp3) is 0.556. The van der Waals surface area contributed by atoms with Crippen LogP contribution >= 0.6 is 0 Å². The van der Waals surface area contributed by atoms with Gasteiger partial charge in [-0.3, -0.25) is 4.79 Å². The predicted octanol–water partition coefficient (Wildman–Crippen LogP) is 3.04. The first-order valence-corrected chi connectivity index (χ1v) is 8.23. The highest BCUT2D eigenvalue weighted by molar-refractivity contribution is 5.89. The number of hydrogen-bond acceptors (Lipinski definition) is 4. The molecule has 2 rings (SSSR count). The third kappa shape index (κ3) is 4.71. The number of ether oxygens (including phenoxy) is 2. The molecule has 1 unspecified atom stereocenters. The molecule has 6 nitrogen and oxygen atoms in total. The molecule has 1 saturated carbocycles. The first kappa shape index (κ1) is 18.3. The van der Waals surface area contributed by atoms with Crippen molar-refractivity contribution in [1.82, 2.24) is 5.32 Å². The summed E-state index contributed by atoms with van der Waals surface area (Å²) >= 11 is 0. The number of rotatable bonds is 7. The zero-order valence-corrected chi connectivity index (χ0v) is 14.6. The van der Waals surface area contributed by atoms with Crippen LogP contribution in [-0.4, -0.2) is 38.4 Å². The summed E-state index contributed by atoms with van der Waals surface area (Å²) in [6.07, 6.45) is 3.33. The van der Waals surface area contributed by atoms with Gasteiger partial charge in [-0.25, -0.2) is 4.79 Å². The molecule has 0 bridgehead atoms. The average Bonchev–Trinajstić information content (AvgIpc) is 2.53. The smallest absolute Gasteiger partial charge is 0.319 e. The second-order valence-corrected chi connectivity index (χ2v) is 6.45. The SMILES string of the molecule is COCC1(NC(=O)Nc2ccc(C(C)CC(=O)OC)cc2)CCC1. The number of carbonyl (C=O) groups is 2. The molecule has 0 radical (unpaired) electrons. The van der Waals surface area contributed by atoms with E-state index in [2.05, 4.69) is 15.4 Å². The van der Waals surface area contributed by atoms with Gasteiger partial charge < -0.3 is 20.1 Å². The molecule has 6 heteroatoms. The quantitative estimate of drug-likeness (QED) is 0.752. The summed E-state index contributed by atoms with van der Waals surface area (Å²) in [7, 11) is 3.03. The lowest BCUT2D eigenvalue weighted by molar-refractivity contribution is -0.140. The molecule has 1 fully saturated rings. The summed E-state index contributed by atoms with van der Waals surface area (Å²) in [6.45, 7) is 2.50. The van der Waals surface area contributed by atoms with Gasteiger partial charge in [-0.2, -0.15) is 0 Å². The Bertz CT molecular complexity index is 567. The van der Waals surface area contributed by atoms with Gasteiger partial charge in [-0.1, -0.05) is 19.1 Å². The summed E-state index contributed by atoms with van der Waals surface area (Å²) in [5, 5.41) is 5.86. The summed E-state index contributed by atoms with van der Waals surface area (Å²) in [4.78, 5) is 23.5. The first-order valence-electron chi connectivity index (χ1n) is 8.23. The van der Waals surface area contributed by atoms with Crippen molar-refractivity contribution in [3.63, 3.8) is 0 Å². The molecule has 24 heavy (non-hydrogen) atoms. The zero-order chi connectivity index (χ0) is 17.6.